The number of anilines is 1. The van der Waals surface area contributed by atoms with Gasteiger partial charge in [0.2, 0.25) is 0 Å². The Morgan fingerprint density at radius 1 is 1.04 bits per heavy atom. The summed E-state index contributed by atoms with van der Waals surface area (Å²) in [4.78, 5) is 18.9. The van der Waals surface area contributed by atoms with Crippen LogP contribution in [0.4, 0.5) is 10.1 Å². The zero-order valence-electron chi connectivity index (χ0n) is 15.1. The summed E-state index contributed by atoms with van der Waals surface area (Å²) in [5.41, 5.74) is 1.87. The van der Waals surface area contributed by atoms with Gasteiger partial charge in [0.1, 0.15) is 5.82 Å². The van der Waals surface area contributed by atoms with Gasteiger partial charge < -0.3 is 14.4 Å². The molecule has 0 saturated heterocycles. The van der Waals surface area contributed by atoms with Crippen molar-refractivity contribution in [3.8, 4) is 11.5 Å². The maximum absolute atomic E-state index is 13.3. The summed E-state index contributed by atoms with van der Waals surface area (Å²) >= 11 is 0. The number of amides is 1. The number of carbonyl (C=O) groups is 1. The Kier molecular flexibility index (Phi) is 5.66. The van der Waals surface area contributed by atoms with Crippen LogP contribution < -0.4 is 14.4 Å². The van der Waals surface area contributed by atoms with E-state index in [1.165, 1.54) is 26.4 Å². The SMILES string of the molecule is COc1ccc(C(=O)N(Cc2cccnc2)c2ccc(F)cc2)cc1OC. The normalized spacial score (nSPS) is 10.3. The van der Waals surface area contributed by atoms with Crippen molar-refractivity contribution >= 4 is 11.6 Å². The van der Waals surface area contributed by atoms with E-state index < -0.39 is 0 Å². The van der Waals surface area contributed by atoms with Gasteiger partial charge in [0.05, 0.1) is 20.8 Å². The molecular weight excluding hydrogens is 347 g/mol. The van der Waals surface area contributed by atoms with Crippen LogP contribution in [0.15, 0.2) is 67.0 Å². The number of ether oxygens (including phenoxy) is 2. The van der Waals surface area contributed by atoms with Crippen molar-refractivity contribution in [2.75, 3.05) is 19.1 Å². The van der Waals surface area contributed by atoms with Crippen LogP contribution in [0.25, 0.3) is 0 Å². The zero-order chi connectivity index (χ0) is 19.2. The molecule has 0 atom stereocenters. The number of methoxy groups -OCH3 is 2. The minimum Gasteiger partial charge on any atom is -0.493 e. The molecule has 0 unspecified atom stereocenters. The van der Waals surface area contributed by atoms with E-state index in [0.29, 0.717) is 29.3 Å². The molecule has 1 amide bonds. The fourth-order valence-corrected chi connectivity index (χ4v) is 2.70. The summed E-state index contributed by atoms with van der Waals surface area (Å²) in [5, 5.41) is 0. The minimum absolute atomic E-state index is 0.244. The van der Waals surface area contributed by atoms with Gasteiger partial charge in [-0.05, 0) is 54.1 Å². The minimum atomic E-state index is -0.362. The Balaban J connectivity index is 1.98. The fourth-order valence-electron chi connectivity index (χ4n) is 2.70. The Morgan fingerprint density at radius 3 is 2.41 bits per heavy atom. The summed E-state index contributed by atoms with van der Waals surface area (Å²) in [6.45, 7) is 0.298. The average molecular weight is 366 g/mol. The highest BCUT2D eigenvalue weighted by Crippen LogP contribution is 2.29. The molecule has 0 radical (unpaired) electrons. The lowest BCUT2D eigenvalue weighted by Crippen LogP contribution is -2.30. The lowest BCUT2D eigenvalue weighted by Gasteiger charge is -2.23. The molecule has 0 bridgehead atoms. The highest BCUT2D eigenvalue weighted by Gasteiger charge is 2.20. The lowest BCUT2D eigenvalue weighted by atomic mass is 10.1. The molecular formula is C21H19FN2O3. The second-order valence-electron chi connectivity index (χ2n) is 5.80. The smallest absolute Gasteiger partial charge is 0.258 e. The van der Waals surface area contributed by atoms with Gasteiger partial charge in [-0.2, -0.15) is 0 Å². The largest absolute Gasteiger partial charge is 0.493 e. The van der Waals surface area contributed by atoms with Gasteiger partial charge in [0, 0.05) is 23.6 Å². The molecule has 0 aliphatic rings. The van der Waals surface area contributed by atoms with Crippen molar-refractivity contribution in [3.05, 3.63) is 83.9 Å². The summed E-state index contributed by atoms with van der Waals surface area (Å²) in [5.74, 6) is 0.392. The first kappa shape index (κ1) is 18.4. The summed E-state index contributed by atoms with van der Waals surface area (Å²) in [6.07, 6.45) is 3.36. The predicted molar refractivity (Wildman–Crippen MR) is 101 cm³/mol. The maximum Gasteiger partial charge on any atom is 0.258 e. The number of hydrogen-bond donors (Lipinski definition) is 0. The molecule has 27 heavy (non-hydrogen) atoms. The van der Waals surface area contributed by atoms with E-state index in [0.717, 1.165) is 5.56 Å². The summed E-state index contributed by atoms with van der Waals surface area (Å²) < 4.78 is 23.9. The predicted octanol–water partition coefficient (Wildman–Crippen LogP) is 4.08. The third kappa shape index (κ3) is 4.23. The molecule has 6 heteroatoms. The molecule has 0 spiro atoms. The molecule has 0 saturated carbocycles. The van der Waals surface area contributed by atoms with Crippen LogP contribution in [-0.4, -0.2) is 25.1 Å². The number of rotatable bonds is 6. The molecule has 138 valence electrons. The molecule has 2 aromatic carbocycles. The number of hydrogen-bond acceptors (Lipinski definition) is 4. The number of benzene rings is 2. The molecule has 0 aliphatic heterocycles. The summed E-state index contributed by atoms with van der Waals surface area (Å²) in [7, 11) is 3.05. The first-order valence-electron chi connectivity index (χ1n) is 8.30. The highest BCUT2D eigenvalue weighted by atomic mass is 19.1. The highest BCUT2D eigenvalue weighted by molar-refractivity contribution is 6.06. The first-order valence-corrected chi connectivity index (χ1v) is 8.30. The first-order chi connectivity index (χ1) is 13.1. The Labute approximate surface area is 157 Å². The second kappa shape index (κ2) is 8.31. The van der Waals surface area contributed by atoms with E-state index >= 15 is 0 Å². The Bertz CT molecular complexity index is 914. The molecule has 5 nitrogen and oxygen atoms in total. The number of carbonyl (C=O) groups excluding carboxylic acids is 1. The monoisotopic (exact) mass is 366 g/mol. The van der Waals surface area contributed by atoms with Crippen LogP contribution in [0.5, 0.6) is 11.5 Å². The van der Waals surface area contributed by atoms with E-state index in [2.05, 4.69) is 4.98 Å². The van der Waals surface area contributed by atoms with Crippen LogP contribution in [0, 0.1) is 5.82 Å². The van der Waals surface area contributed by atoms with Crippen LogP contribution in [-0.2, 0) is 6.54 Å². The van der Waals surface area contributed by atoms with Gasteiger partial charge in [-0.3, -0.25) is 9.78 Å². The molecule has 0 aliphatic carbocycles. The maximum atomic E-state index is 13.3. The van der Waals surface area contributed by atoms with Gasteiger partial charge >= 0.3 is 0 Å². The van der Waals surface area contributed by atoms with Crippen molar-refractivity contribution in [1.82, 2.24) is 4.98 Å². The molecule has 3 rings (SSSR count). The molecule has 0 N–H and O–H groups in total. The van der Waals surface area contributed by atoms with Crippen molar-refractivity contribution in [2.45, 2.75) is 6.54 Å². The second-order valence-corrected chi connectivity index (χ2v) is 5.80. The zero-order valence-corrected chi connectivity index (χ0v) is 15.1. The molecule has 3 aromatic rings. The van der Waals surface area contributed by atoms with E-state index in [1.54, 1.807) is 53.7 Å². The lowest BCUT2D eigenvalue weighted by molar-refractivity contribution is 0.0984. The quantitative estimate of drug-likeness (QED) is 0.659. The fraction of sp³-hybridized carbons (Fsp3) is 0.143. The van der Waals surface area contributed by atoms with E-state index in [-0.39, 0.29) is 11.7 Å². The summed E-state index contributed by atoms with van der Waals surface area (Å²) in [6, 6.07) is 14.5. The van der Waals surface area contributed by atoms with Crippen molar-refractivity contribution in [1.29, 1.82) is 0 Å². The third-order valence-electron chi connectivity index (χ3n) is 4.08. The topological polar surface area (TPSA) is 51.7 Å². The van der Waals surface area contributed by atoms with E-state index in [4.69, 9.17) is 9.47 Å². The van der Waals surface area contributed by atoms with Crippen molar-refractivity contribution < 1.29 is 18.7 Å². The van der Waals surface area contributed by atoms with E-state index in [9.17, 15) is 9.18 Å². The van der Waals surface area contributed by atoms with Crippen LogP contribution in [0.1, 0.15) is 15.9 Å². The Morgan fingerprint density at radius 2 is 1.78 bits per heavy atom. The standard InChI is InChI=1S/C21H19FN2O3/c1-26-19-10-5-16(12-20(19)27-2)21(25)24(14-15-4-3-11-23-13-15)18-8-6-17(22)7-9-18/h3-13H,14H2,1-2H3. The average Bonchev–Trinajstić information content (AvgIpc) is 2.72. The van der Waals surface area contributed by atoms with Crippen LogP contribution in [0.3, 0.4) is 0 Å². The van der Waals surface area contributed by atoms with Gasteiger partial charge in [0.25, 0.3) is 5.91 Å². The molecule has 1 heterocycles. The van der Waals surface area contributed by atoms with E-state index in [1.807, 2.05) is 6.07 Å². The van der Waals surface area contributed by atoms with Crippen molar-refractivity contribution in [2.24, 2.45) is 0 Å². The van der Waals surface area contributed by atoms with Gasteiger partial charge in [0.15, 0.2) is 11.5 Å². The molecule has 0 fully saturated rings. The van der Waals surface area contributed by atoms with Gasteiger partial charge in [-0.15, -0.1) is 0 Å². The van der Waals surface area contributed by atoms with Crippen LogP contribution in [0.2, 0.25) is 0 Å². The van der Waals surface area contributed by atoms with Gasteiger partial charge in [-0.25, -0.2) is 4.39 Å². The third-order valence-corrected chi connectivity index (χ3v) is 4.08. The number of pyridine rings is 1. The number of halogens is 1. The number of nitrogens with zero attached hydrogens (tertiary/aromatic N) is 2. The molecule has 1 aromatic heterocycles. The number of aromatic nitrogens is 1. The van der Waals surface area contributed by atoms with Gasteiger partial charge in [-0.1, -0.05) is 6.07 Å². The Hall–Kier alpha value is -3.41. The van der Waals surface area contributed by atoms with Crippen LogP contribution >= 0.6 is 0 Å². The van der Waals surface area contributed by atoms with Crippen molar-refractivity contribution in [3.63, 3.8) is 0 Å².